The number of hydrogen-bond donors (Lipinski definition) is 2. The van der Waals surface area contributed by atoms with Crippen molar-refractivity contribution in [3.05, 3.63) is 47.3 Å². The third-order valence-electron chi connectivity index (χ3n) is 3.33. The van der Waals surface area contributed by atoms with Crippen LogP contribution in [0.5, 0.6) is 0 Å². The molecule has 0 spiro atoms. The van der Waals surface area contributed by atoms with E-state index >= 15 is 0 Å². The highest BCUT2D eigenvalue weighted by Gasteiger charge is 2.27. The summed E-state index contributed by atoms with van der Waals surface area (Å²) in [4.78, 5) is 12.3. The number of hydrogen-bond acceptors (Lipinski definition) is 3. The first-order chi connectivity index (χ1) is 8.76. The minimum absolute atomic E-state index is 0.00264. The number of carbonyl (C=O) groups excluding carboxylic acids is 1. The van der Waals surface area contributed by atoms with Gasteiger partial charge in [0.1, 0.15) is 0 Å². The molecule has 0 unspecified atom stereocenters. The molecule has 1 aromatic carbocycles. The van der Waals surface area contributed by atoms with E-state index < -0.39 is 0 Å². The fourth-order valence-electron chi connectivity index (χ4n) is 2.37. The molecule has 3 nitrogen and oxygen atoms in total. The normalized spacial score (nSPS) is 19.2. The van der Waals surface area contributed by atoms with Crippen LogP contribution in [0, 0.1) is 5.92 Å². The fraction of sp³-hybridized carbons (Fsp3) is 0.286. The molecule has 0 heterocycles. The topological polar surface area (TPSA) is 55.1 Å². The van der Waals surface area contributed by atoms with Crippen molar-refractivity contribution >= 4 is 23.5 Å². The molecule has 2 rings (SSSR count). The van der Waals surface area contributed by atoms with E-state index in [4.69, 9.17) is 18.0 Å². The Morgan fingerprint density at radius 1 is 1.50 bits per heavy atom. The summed E-state index contributed by atoms with van der Waals surface area (Å²) in [5, 5.41) is 2.90. The molecule has 1 aliphatic rings. The van der Waals surface area contributed by atoms with E-state index in [1.54, 1.807) is 0 Å². The average Bonchev–Trinajstić information content (AvgIpc) is 2.41. The minimum Gasteiger partial charge on any atom is -0.403 e. The molecule has 0 radical (unpaired) electrons. The van der Waals surface area contributed by atoms with Crippen LogP contribution >= 0.6 is 12.2 Å². The highest BCUT2D eigenvalue weighted by atomic mass is 32.1. The van der Waals surface area contributed by atoms with E-state index in [1.807, 2.05) is 24.3 Å². The summed E-state index contributed by atoms with van der Waals surface area (Å²) in [6.45, 7) is 0. The maximum absolute atomic E-state index is 12.3. The molecule has 0 amide bonds. The Bertz CT molecular complexity index is 496. The first-order valence-corrected chi connectivity index (χ1v) is 6.46. The number of ketones is 1. The lowest BCUT2D eigenvalue weighted by Gasteiger charge is -2.23. The van der Waals surface area contributed by atoms with Crippen LogP contribution in [-0.2, 0) is 6.42 Å². The number of carbonyl (C=O) groups is 1. The maximum Gasteiger partial charge on any atom is 0.166 e. The van der Waals surface area contributed by atoms with Gasteiger partial charge in [0.15, 0.2) is 5.78 Å². The zero-order valence-corrected chi connectivity index (χ0v) is 10.9. The molecule has 0 saturated carbocycles. The van der Waals surface area contributed by atoms with E-state index in [1.165, 1.54) is 11.7 Å². The van der Waals surface area contributed by atoms with Crippen molar-refractivity contribution in [2.75, 3.05) is 0 Å². The molecule has 18 heavy (non-hydrogen) atoms. The van der Waals surface area contributed by atoms with Crippen LogP contribution < -0.4 is 11.1 Å². The second kappa shape index (κ2) is 5.78. The van der Waals surface area contributed by atoms with Gasteiger partial charge in [-0.1, -0.05) is 36.5 Å². The number of fused-ring (bicyclic) bond motifs is 1. The maximum atomic E-state index is 12.3. The predicted molar refractivity (Wildman–Crippen MR) is 76.3 cm³/mol. The van der Waals surface area contributed by atoms with Gasteiger partial charge in [-0.05, 0) is 24.8 Å². The van der Waals surface area contributed by atoms with Crippen LogP contribution in [0.25, 0.3) is 0 Å². The Morgan fingerprint density at radius 2 is 2.28 bits per heavy atom. The SMILES string of the molecule is N/C=C(/C[C@H]1CCc2ccccc2C1=O)NC=S. The van der Waals surface area contributed by atoms with Crippen LogP contribution in [0.1, 0.15) is 28.8 Å². The van der Waals surface area contributed by atoms with Crippen molar-refractivity contribution in [3.63, 3.8) is 0 Å². The Labute approximate surface area is 112 Å². The highest BCUT2D eigenvalue weighted by Crippen LogP contribution is 2.28. The van der Waals surface area contributed by atoms with Crippen molar-refractivity contribution in [2.45, 2.75) is 19.3 Å². The molecule has 94 valence electrons. The summed E-state index contributed by atoms with van der Waals surface area (Å²) in [7, 11) is 0. The summed E-state index contributed by atoms with van der Waals surface area (Å²) < 4.78 is 0. The summed E-state index contributed by atoms with van der Waals surface area (Å²) in [5.41, 5.74) is 9.75. The van der Waals surface area contributed by atoms with E-state index in [9.17, 15) is 4.79 Å². The Balaban J connectivity index is 2.14. The third kappa shape index (κ3) is 2.59. The first kappa shape index (κ1) is 12.8. The van der Waals surface area contributed by atoms with Crippen molar-refractivity contribution in [1.82, 2.24) is 5.32 Å². The molecular formula is C14H16N2OS. The number of rotatable bonds is 4. The molecule has 0 fully saturated rings. The lowest BCUT2D eigenvalue weighted by Crippen LogP contribution is -2.25. The average molecular weight is 260 g/mol. The van der Waals surface area contributed by atoms with Crippen LogP contribution in [0.4, 0.5) is 0 Å². The number of nitrogens with one attached hydrogen (secondary N) is 1. The van der Waals surface area contributed by atoms with Gasteiger partial charge in [0.25, 0.3) is 0 Å². The largest absolute Gasteiger partial charge is 0.403 e. The molecule has 1 atom stereocenters. The zero-order chi connectivity index (χ0) is 13.0. The Kier molecular flexibility index (Phi) is 4.10. The van der Waals surface area contributed by atoms with Gasteiger partial charge >= 0.3 is 0 Å². The van der Waals surface area contributed by atoms with Gasteiger partial charge in [0, 0.05) is 23.4 Å². The summed E-state index contributed by atoms with van der Waals surface area (Å²) >= 11 is 4.74. The van der Waals surface area contributed by atoms with E-state index in [-0.39, 0.29) is 11.7 Å². The van der Waals surface area contributed by atoms with E-state index in [2.05, 4.69) is 5.32 Å². The smallest absolute Gasteiger partial charge is 0.166 e. The predicted octanol–water partition coefficient (Wildman–Crippen LogP) is 2.17. The summed E-state index contributed by atoms with van der Waals surface area (Å²) in [6, 6.07) is 7.82. The fourth-order valence-corrected chi connectivity index (χ4v) is 2.52. The van der Waals surface area contributed by atoms with Gasteiger partial charge in [-0.3, -0.25) is 4.79 Å². The van der Waals surface area contributed by atoms with Crippen LogP contribution in [-0.4, -0.2) is 11.3 Å². The molecule has 0 bridgehead atoms. The van der Waals surface area contributed by atoms with Gasteiger partial charge in [0.2, 0.25) is 0 Å². The second-order valence-electron chi connectivity index (χ2n) is 4.42. The van der Waals surface area contributed by atoms with Crippen LogP contribution in [0.15, 0.2) is 36.2 Å². The number of thiocarbonyl (C=S) groups is 1. The van der Waals surface area contributed by atoms with Gasteiger partial charge in [-0.15, -0.1) is 0 Å². The van der Waals surface area contributed by atoms with Crippen LogP contribution in [0.3, 0.4) is 0 Å². The van der Waals surface area contributed by atoms with Crippen molar-refractivity contribution in [3.8, 4) is 0 Å². The number of benzene rings is 1. The van der Waals surface area contributed by atoms with Crippen LogP contribution in [0.2, 0.25) is 0 Å². The Morgan fingerprint density at radius 3 is 3.00 bits per heavy atom. The molecule has 0 saturated heterocycles. The lowest BCUT2D eigenvalue weighted by molar-refractivity contribution is 0.0900. The first-order valence-electron chi connectivity index (χ1n) is 5.99. The Hall–Kier alpha value is -1.68. The summed E-state index contributed by atoms with van der Waals surface area (Å²) in [5.74, 6) is 0.208. The second-order valence-corrected chi connectivity index (χ2v) is 4.65. The monoisotopic (exact) mass is 260 g/mol. The number of aryl methyl sites for hydroxylation is 1. The molecule has 1 aromatic rings. The quantitative estimate of drug-likeness (QED) is 0.815. The third-order valence-corrected chi connectivity index (χ3v) is 3.45. The molecule has 1 aliphatic carbocycles. The standard InChI is InChI=1S/C14H16N2OS/c15-8-12(16-9-18)7-11-6-5-10-3-1-2-4-13(10)14(11)17/h1-4,8-9,11H,5-7,15H2,(H,16,18)/b12-8-/t11-/m1/s1. The number of nitrogens with two attached hydrogens (primary N) is 1. The molecule has 4 heteroatoms. The number of Topliss-reactive ketones (excluding diaryl/α,β-unsaturated/α-hetero) is 1. The van der Waals surface area contributed by atoms with Crippen molar-refractivity contribution < 1.29 is 4.79 Å². The van der Waals surface area contributed by atoms with Crippen molar-refractivity contribution in [1.29, 1.82) is 0 Å². The molecule has 3 N–H and O–H groups in total. The lowest BCUT2D eigenvalue weighted by atomic mass is 9.80. The summed E-state index contributed by atoms with van der Waals surface area (Å²) in [6.07, 6.45) is 3.92. The molecule has 0 aromatic heterocycles. The van der Waals surface area contributed by atoms with E-state index in [0.29, 0.717) is 6.42 Å². The molecule has 0 aliphatic heterocycles. The number of allylic oxidation sites excluding steroid dienone is 1. The molecular weight excluding hydrogens is 244 g/mol. The van der Waals surface area contributed by atoms with Gasteiger partial charge < -0.3 is 11.1 Å². The van der Waals surface area contributed by atoms with Gasteiger partial charge in [-0.2, -0.15) is 0 Å². The minimum atomic E-state index is -0.00264. The zero-order valence-electron chi connectivity index (χ0n) is 10.1. The van der Waals surface area contributed by atoms with Crippen molar-refractivity contribution in [2.24, 2.45) is 11.7 Å². The highest BCUT2D eigenvalue weighted by molar-refractivity contribution is 7.78. The van der Waals surface area contributed by atoms with E-state index in [0.717, 1.165) is 29.7 Å². The van der Waals surface area contributed by atoms with Gasteiger partial charge in [0.05, 0.1) is 5.49 Å². The van der Waals surface area contributed by atoms with Gasteiger partial charge in [-0.25, -0.2) is 0 Å².